The van der Waals surface area contributed by atoms with Crippen molar-refractivity contribution in [2.75, 3.05) is 7.11 Å². The summed E-state index contributed by atoms with van der Waals surface area (Å²) in [6.07, 6.45) is 2.67. The Kier molecular flexibility index (Phi) is 5.71. The van der Waals surface area contributed by atoms with E-state index in [1.54, 1.807) is 36.4 Å². The van der Waals surface area contributed by atoms with Gasteiger partial charge in [0.25, 0.3) is 0 Å². The molecule has 0 unspecified atom stereocenters. The predicted molar refractivity (Wildman–Crippen MR) is 84.4 cm³/mol. The Balaban J connectivity index is 2.28. The summed E-state index contributed by atoms with van der Waals surface area (Å²) < 4.78 is 34.6. The molecule has 0 aliphatic heterocycles. The fourth-order valence-corrected chi connectivity index (χ4v) is 2.04. The molecule has 0 heterocycles. The Bertz CT molecular complexity index is 712. The molecular weight excluding hydrogens is 326 g/mol. The molecule has 0 saturated heterocycles. The van der Waals surface area contributed by atoms with Gasteiger partial charge in [0.1, 0.15) is 0 Å². The SMILES string of the molecule is COc1cccc(/C=C/C(=O)c2ccc(Cl)cc2)c1OC(F)F. The van der Waals surface area contributed by atoms with Crippen molar-refractivity contribution in [3.63, 3.8) is 0 Å². The van der Waals surface area contributed by atoms with E-state index in [1.807, 2.05) is 0 Å². The molecule has 0 fully saturated rings. The highest BCUT2D eigenvalue weighted by Gasteiger charge is 2.14. The average Bonchev–Trinajstić information content (AvgIpc) is 2.53. The number of allylic oxidation sites excluding steroid dienone is 1. The van der Waals surface area contributed by atoms with Crippen LogP contribution in [0.25, 0.3) is 6.08 Å². The monoisotopic (exact) mass is 338 g/mol. The van der Waals surface area contributed by atoms with E-state index in [0.717, 1.165) is 0 Å². The van der Waals surface area contributed by atoms with Crippen molar-refractivity contribution < 1.29 is 23.0 Å². The number of para-hydroxylation sites is 1. The van der Waals surface area contributed by atoms with Gasteiger partial charge in [-0.25, -0.2) is 0 Å². The van der Waals surface area contributed by atoms with Gasteiger partial charge in [-0.1, -0.05) is 23.7 Å². The van der Waals surface area contributed by atoms with E-state index in [9.17, 15) is 13.6 Å². The van der Waals surface area contributed by atoms with Crippen LogP contribution in [0.3, 0.4) is 0 Å². The zero-order chi connectivity index (χ0) is 16.8. The van der Waals surface area contributed by atoms with E-state index in [0.29, 0.717) is 16.1 Å². The first kappa shape index (κ1) is 17.0. The number of hydrogen-bond acceptors (Lipinski definition) is 3. The molecule has 0 atom stereocenters. The van der Waals surface area contributed by atoms with E-state index in [1.165, 1.54) is 25.3 Å². The third kappa shape index (κ3) is 4.53. The van der Waals surface area contributed by atoms with Gasteiger partial charge in [-0.3, -0.25) is 4.79 Å². The van der Waals surface area contributed by atoms with Gasteiger partial charge in [0.05, 0.1) is 7.11 Å². The van der Waals surface area contributed by atoms with Crippen molar-refractivity contribution in [3.05, 3.63) is 64.7 Å². The minimum atomic E-state index is -2.99. The number of alkyl halides is 2. The Morgan fingerprint density at radius 3 is 2.48 bits per heavy atom. The molecule has 0 N–H and O–H groups in total. The molecule has 0 aromatic heterocycles. The first-order valence-electron chi connectivity index (χ1n) is 6.61. The molecule has 6 heteroatoms. The highest BCUT2D eigenvalue weighted by atomic mass is 35.5. The molecule has 0 radical (unpaired) electrons. The van der Waals surface area contributed by atoms with Crippen LogP contribution in [0.15, 0.2) is 48.5 Å². The van der Waals surface area contributed by atoms with Gasteiger partial charge in [-0.2, -0.15) is 8.78 Å². The van der Waals surface area contributed by atoms with Crippen molar-refractivity contribution in [2.45, 2.75) is 6.61 Å². The van der Waals surface area contributed by atoms with E-state index < -0.39 is 6.61 Å². The topological polar surface area (TPSA) is 35.5 Å². The zero-order valence-electron chi connectivity index (χ0n) is 12.1. The number of carbonyl (C=O) groups is 1. The van der Waals surface area contributed by atoms with Gasteiger partial charge in [-0.15, -0.1) is 0 Å². The highest BCUT2D eigenvalue weighted by Crippen LogP contribution is 2.33. The van der Waals surface area contributed by atoms with Crippen molar-refractivity contribution >= 4 is 23.5 Å². The lowest BCUT2D eigenvalue weighted by Crippen LogP contribution is -2.05. The minimum absolute atomic E-state index is 0.120. The number of rotatable bonds is 6. The smallest absolute Gasteiger partial charge is 0.387 e. The Morgan fingerprint density at radius 2 is 1.87 bits per heavy atom. The molecule has 2 aromatic rings. The lowest BCUT2D eigenvalue weighted by atomic mass is 10.1. The summed E-state index contributed by atoms with van der Waals surface area (Å²) in [5.74, 6) is -0.246. The maximum absolute atomic E-state index is 12.5. The van der Waals surface area contributed by atoms with Crippen LogP contribution < -0.4 is 9.47 Å². The number of ketones is 1. The second kappa shape index (κ2) is 7.74. The second-order valence-corrected chi connectivity index (χ2v) is 4.90. The van der Waals surface area contributed by atoms with Crippen molar-refractivity contribution in [3.8, 4) is 11.5 Å². The summed E-state index contributed by atoms with van der Waals surface area (Å²) in [6.45, 7) is -2.99. The molecule has 2 rings (SSSR count). The number of ether oxygens (including phenoxy) is 2. The predicted octanol–water partition coefficient (Wildman–Crippen LogP) is 4.85. The van der Waals surface area contributed by atoms with Gasteiger partial charge >= 0.3 is 6.61 Å². The van der Waals surface area contributed by atoms with Crippen LogP contribution in [0, 0.1) is 0 Å². The van der Waals surface area contributed by atoms with Crippen LogP contribution in [-0.4, -0.2) is 19.5 Å². The first-order valence-corrected chi connectivity index (χ1v) is 6.99. The first-order chi connectivity index (χ1) is 11.0. The molecule has 0 aliphatic carbocycles. The summed E-state index contributed by atoms with van der Waals surface area (Å²) >= 11 is 5.76. The van der Waals surface area contributed by atoms with E-state index in [-0.39, 0.29) is 17.3 Å². The van der Waals surface area contributed by atoms with E-state index >= 15 is 0 Å². The summed E-state index contributed by atoms with van der Waals surface area (Å²) in [4.78, 5) is 12.1. The van der Waals surface area contributed by atoms with Crippen LogP contribution in [0.4, 0.5) is 8.78 Å². The largest absolute Gasteiger partial charge is 0.493 e. The highest BCUT2D eigenvalue weighted by molar-refractivity contribution is 6.30. The molecule has 2 aromatic carbocycles. The normalized spacial score (nSPS) is 11.0. The van der Waals surface area contributed by atoms with Crippen LogP contribution in [0.2, 0.25) is 5.02 Å². The van der Waals surface area contributed by atoms with E-state index in [4.69, 9.17) is 16.3 Å². The molecule has 0 aliphatic rings. The number of benzene rings is 2. The zero-order valence-corrected chi connectivity index (χ0v) is 12.9. The minimum Gasteiger partial charge on any atom is -0.493 e. The standard InChI is InChI=1S/C17H13ClF2O3/c1-22-15-4-2-3-12(16(15)23-17(19)20)7-10-14(21)11-5-8-13(18)9-6-11/h2-10,17H,1H3/b10-7+. The molecular formula is C17H13ClF2O3. The van der Waals surface area contributed by atoms with Crippen molar-refractivity contribution in [2.24, 2.45) is 0 Å². The van der Waals surface area contributed by atoms with Crippen molar-refractivity contribution in [1.29, 1.82) is 0 Å². The Labute approximate surface area is 137 Å². The fraction of sp³-hybridized carbons (Fsp3) is 0.118. The number of carbonyl (C=O) groups excluding carboxylic acids is 1. The summed E-state index contributed by atoms with van der Waals surface area (Å²) in [7, 11) is 1.35. The maximum Gasteiger partial charge on any atom is 0.387 e. The van der Waals surface area contributed by atoms with Gasteiger partial charge in [0.2, 0.25) is 0 Å². The second-order valence-electron chi connectivity index (χ2n) is 4.46. The Hall–Kier alpha value is -2.40. The van der Waals surface area contributed by atoms with Crippen LogP contribution in [0.1, 0.15) is 15.9 Å². The van der Waals surface area contributed by atoms with Crippen molar-refractivity contribution in [1.82, 2.24) is 0 Å². The molecule has 0 amide bonds. The van der Waals surface area contributed by atoms with Gasteiger partial charge in [-0.05, 0) is 42.5 Å². The number of methoxy groups -OCH3 is 1. The molecule has 0 saturated carbocycles. The summed E-state index contributed by atoms with van der Waals surface area (Å²) in [5.41, 5.74) is 0.747. The van der Waals surface area contributed by atoms with Gasteiger partial charge in [0.15, 0.2) is 17.3 Å². The fourth-order valence-electron chi connectivity index (χ4n) is 1.92. The van der Waals surface area contributed by atoms with E-state index in [2.05, 4.69) is 4.74 Å². The molecule has 23 heavy (non-hydrogen) atoms. The van der Waals surface area contributed by atoms with Gasteiger partial charge in [0, 0.05) is 16.1 Å². The maximum atomic E-state index is 12.5. The third-order valence-electron chi connectivity index (χ3n) is 2.98. The quantitative estimate of drug-likeness (QED) is 0.558. The third-order valence-corrected chi connectivity index (χ3v) is 3.23. The Morgan fingerprint density at radius 1 is 1.17 bits per heavy atom. The van der Waals surface area contributed by atoms with Crippen LogP contribution >= 0.6 is 11.6 Å². The van der Waals surface area contributed by atoms with Crippen LogP contribution in [0.5, 0.6) is 11.5 Å². The number of halogens is 3. The summed E-state index contributed by atoms with van der Waals surface area (Å²) in [6, 6.07) is 11.0. The lowest BCUT2D eigenvalue weighted by molar-refractivity contribution is -0.0513. The average molecular weight is 339 g/mol. The number of hydrogen-bond donors (Lipinski definition) is 0. The summed E-state index contributed by atoms with van der Waals surface area (Å²) in [5, 5.41) is 0.519. The lowest BCUT2D eigenvalue weighted by Gasteiger charge is -2.12. The van der Waals surface area contributed by atoms with Gasteiger partial charge < -0.3 is 9.47 Å². The molecule has 120 valence electrons. The molecule has 3 nitrogen and oxygen atoms in total. The van der Waals surface area contributed by atoms with Crippen LogP contribution in [-0.2, 0) is 0 Å². The molecule has 0 spiro atoms. The molecule has 0 bridgehead atoms.